The van der Waals surface area contributed by atoms with Crippen LogP contribution in [0, 0.1) is 0 Å². The van der Waals surface area contributed by atoms with Crippen molar-refractivity contribution < 1.29 is 18.0 Å². The number of fused-ring (bicyclic) bond motifs is 1. The molecule has 0 radical (unpaired) electrons. The van der Waals surface area contributed by atoms with Crippen LogP contribution in [0.15, 0.2) is 64.9 Å². The minimum Gasteiger partial charge on any atom is -0.326 e. The van der Waals surface area contributed by atoms with Gasteiger partial charge in [0.25, 0.3) is 0 Å². The molecule has 1 amide bonds. The number of Topliss-reactive ketones (excluding diaryl/α,β-unsaturated/α-hetero) is 1. The van der Waals surface area contributed by atoms with Crippen LogP contribution in [-0.4, -0.2) is 20.1 Å². The predicted octanol–water partition coefficient (Wildman–Crippen LogP) is 4.71. The summed E-state index contributed by atoms with van der Waals surface area (Å²) in [6.07, 6.45) is 3.98. The van der Waals surface area contributed by atoms with E-state index in [1.165, 1.54) is 10.9 Å². The van der Waals surface area contributed by atoms with Crippen molar-refractivity contribution in [2.24, 2.45) is 0 Å². The fourth-order valence-electron chi connectivity index (χ4n) is 3.81. The number of nitrogens with one attached hydrogen (secondary N) is 2. The van der Waals surface area contributed by atoms with Gasteiger partial charge in [-0.2, -0.15) is 0 Å². The molecule has 8 heteroatoms. The van der Waals surface area contributed by atoms with Gasteiger partial charge < -0.3 is 5.32 Å². The van der Waals surface area contributed by atoms with Crippen LogP contribution >= 0.6 is 11.3 Å². The number of thiophene rings is 1. The Hall–Kier alpha value is -2.81. The van der Waals surface area contributed by atoms with E-state index in [1.54, 1.807) is 47.7 Å². The fourth-order valence-corrected chi connectivity index (χ4v) is 5.63. The Morgan fingerprint density at radius 1 is 1.06 bits per heavy atom. The number of amides is 1. The van der Waals surface area contributed by atoms with Gasteiger partial charge in [0.1, 0.15) is 0 Å². The van der Waals surface area contributed by atoms with Crippen molar-refractivity contribution in [1.29, 1.82) is 0 Å². The van der Waals surface area contributed by atoms with Gasteiger partial charge in [0.05, 0.1) is 4.90 Å². The van der Waals surface area contributed by atoms with Crippen molar-refractivity contribution in [2.45, 2.75) is 50.0 Å². The fraction of sp³-hybridized carbons (Fsp3) is 0.280. The lowest BCUT2D eigenvalue weighted by molar-refractivity contribution is -0.116. The first-order valence-corrected chi connectivity index (χ1v) is 13.3. The molecule has 3 aromatic rings. The second-order valence-electron chi connectivity index (χ2n) is 8.10. The largest absolute Gasteiger partial charge is 0.326 e. The normalized spacial score (nSPS) is 13.8. The van der Waals surface area contributed by atoms with E-state index < -0.39 is 10.0 Å². The summed E-state index contributed by atoms with van der Waals surface area (Å²) in [5, 5.41) is 4.85. The highest BCUT2D eigenvalue weighted by Crippen LogP contribution is 2.25. The number of benzene rings is 2. The monoisotopic (exact) mass is 482 g/mol. The Morgan fingerprint density at radius 2 is 1.88 bits per heavy atom. The molecule has 172 valence electrons. The van der Waals surface area contributed by atoms with E-state index in [4.69, 9.17) is 0 Å². The first-order valence-electron chi connectivity index (χ1n) is 11.0. The second-order valence-corrected chi connectivity index (χ2v) is 10.9. The number of ketones is 1. The highest BCUT2D eigenvalue weighted by atomic mass is 32.2. The molecule has 1 aliphatic heterocycles. The van der Waals surface area contributed by atoms with Gasteiger partial charge in [0.2, 0.25) is 15.9 Å². The molecule has 0 unspecified atom stereocenters. The average molecular weight is 483 g/mol. The Labute approximate surface area is 198 Å². The Morgan fingerprint density at radius 3 is 2.64 bits per heavy atom. The molecular formula is C25H26N2O4S2. The van der Waals surface area contributed by atoms with Gasteiger partial charge in [0.15, 0.2) is 5.78 Å². The van der Waals surface area contributed by atoms with Crippen LogP contribution < -0.4 is 10.0 Å². The first-order chi connectivity index (χ1) is 15.9. The minimum absolute atomic E-state index is 0.0491. The second kappa shape index (κ2) is 10.4. The highest BCUT2D eigenvalue weighted by Gasteiger charge is 2.19. The van der Waals surface area contributed by atoms with Crippen LogP contribution in [0.3, 0.4) is 0 Å². The number of hydrogen-bond donors (Lipinski definition) is 2. The number of hydrogen-bond acceptors (Lipinski definition) is 5. The van der Waals surface area contributed by atoms with Crippen LogP contribution in [0.4, 0.5) is 5.69 Å². The smallest absolute Gasteiger partial charge is 0.240 e. The van der Waals surface area contributed by atoms with Gasteiger partial charge in [-0.05, 0) is 66.5 Å². The maximum absolute atomic E-state index is 12.8. The number of anilines is 1. The molecule has 2 aromatic carbocycles. The van der Waals surface area contributed by atoms with Gasteiger partial charge in [-0.25, -0.2) is 13.1 Å². The molecule has 0 saturated heterocycles. The van der Waals surface area contributed by atoms with E-state index in [-0.39, 0.29) is 23.1 Å². The van der Waals surface area contributed by atoms with Gasteiger partial charge in [0, 0.05) is 35.5 Å². The molecule has 1 aromatic heterocycles. The summed E-state index contributed by atoms with van der Waals surface area (Å²) in [5.41, 5.74) is 2.91. The Balaban J connectivity index is 1.33. The Bertz CT molecular complexity index is 1230. The molecule has 0 atom stereocenters. The van der Waals surface area contributed by atoms with Crippen LogP contribution in [0.5, 0.6) is 0 Å². The molecule has 0 bridgehead atoms. The average Bonchev–Trinajstić information content (AvgIpc) is 3.25. The lowest BCUT2D eigenvalue weighted by Crippen LogP contribution is -2.23. The third-order valence-corrected chi connectivity index (χ3v) is 8.00. The van der Waals surface area contributed by atoms with Gasteiger partial charge in [-0.3, -0.25) is 9.59 Å². The topological polar surface area (TPSA) is 92.3 Å². The third-order valence-electron chi connectivity index (χ3n) is 5.66. The zero-order valence-electron chi connectivity index (χ0n) is 18.2. The lowest BCUT2D eigenvalue weighted by Gasteiger charge is -2.11. The minimum atomic E-state index is -3.71. The van der Waals surface area contributed by atoms with Crippen LogP contribution in [0.2, 0.25) is 0 Å². The standard InChI is InChI=1S/C25H26N2O4S2/c28-24(7-2-5-21-6-3-15-32-21)19-11-9-18(10-12-19)17-26-33(30,31)22-13-14-23-20(16-22)4-1-8-25(29)27-23/h3,6,9-16,26H,1-2,4-5,7-8,17H2,(H,27,29). The summed E-state index contributed by atoms with van der Waals surface area (Å²) in [6.45, 7) is 0.128. The maximum Gasteiger partial charge on any atom is 0.240 e. The number of sulfonamides is 1. The number of rotatable bonds is 9. The summed E-state index contributed by atoms with van der Waals surface area (Å²) in [4.78, 5) is 25.6. The van der Waals surface area contributed by atoms with Crippen molar-refractivity contribution in [3.63, 3.8) is 0 Å². The zero-order valence-corrected chi connectivity index (χ0v) is 19.8. The molecule has 2 N–H and O–H groups in total. The molecule has 0 fully saturated rings. The molecule has 0 saturated carbocycles. The molecule has 4 rings (SSSR count). The molecular weight excluding hydrogens is 456 g/mol. The SMILES string of the molecule is O=C1CCCc2cc(S(=O)(=O)NCc3ccc(C(=O)CCCc4cccs4)cc3)ccc2N1. The van der Waals surface area contributed by atoms with Gasteiger partial charge >= 0.3 is 0 Å². The highest BCUT2D eigenvalue weighted by molar-refractivity contribution is 7.89. The lowest BCUT2D eigenvalue weighted by atomic mass is 10.0. The predicted molar refractivity (Wildman–Crippen MR) is 130 cm³/mol. The van der Waals surface area contributed by atoms with Crippen LogP contribution in [0.1, 0.15) is 52.0 Å². The van der Waals surface area contributed by atoms with E-state index in [9.17, 15) is 18.0 Å². The summed E-state index contributed by atoms with van der Waals surface area (Å²) < 4.78 is 28.2. The first kappa shape index (κ1) is 23.4. The van der Waals surface area contributed by atoms with Crippen molar-refractivity contribution in [3.8, 4) is 0 Å². The number of carbonyl (C=O) groups is 2. The van der Waals surface area contributed by atoms with E-state index in [2.05, 4.69) is 16.1 Å². The van der Waals surface area contributed by atoms with E-state index in [1.807, 2.05) is 11.4 Å². The molecule has 2 heterocycles. The van der Waals surface area contributed by atoms with Crippen molar-refractivity contribution in [1.82, 2.24) is 4.72 Å². The number of carbonyl (C=O) groups excluding carboxylic acids is 2. The Kier molecular flexibility index (Phi) is 7.37. The van der Waals surface area contributed by atoms with E-state index >= 15 is 0 Å². The number of aryl methyl sites for hydroxylation is 2. The zero-order chi connectivity index (χ0) is 23.3. The molecule has 0 aliphatic carbocycles. The van der Waals surface area contributed by atoms with Crippen molar-refractivity contribution >= 4 is 38.7 Å². The van der Waals surface area contributed by atoms with Crippen LogP contribution in [-0.2, 0) is 34.2 Å². The molecule has 6 nitrogen and oxygen atoms in total. The van der Waals surface area contributed by atoms with Gasteiger partial charge in [-0.1, -0.05) is 30.3 Å². The quantitative estimate of drug-likeness (QED) is 0.432. The molecule has 0 spiro atoms. The third kappa shape index (κ3) is 6.16. The van der Waals surface area contributed by atoms with E-state index in [0.717, 1.165) is 24.0 Å². The maximum atomic E-state index is 12.8. The summed E-state index contributed by atoms with van der Waals surface area (Å²) in [7, 11) is -3.71. The van der Waals surface area contributed by atoms with Crippen molar-refractivity contribution in [2.75, 3.05) is 5.32 Å². The van der Waals surface area contributed by atoms with Crippen LogP contribution in [0.25, 0.3) is 0 Å². The summed E-state index contributed by atoms with van der Waals surface area (Å²) >= 11 is 1.70. The molecule has 1 aliphatic rings. The van der Waals surface area contributed by atoms with Crippen molar-refractivity contribution in [3.05, 3.63) is 81.5 Å². The van der Waals surface area contributed by atoms with Gasteiger partial charge in [-0.15, -0.1) is 11.3 Å². The molecule has 33 heavy (non-hydrogen) atoms. The van der Waals surface area contributed by atoms with E-state index in [0.29, 0.717) is 36.9 Å². The summed E-state index contributed by atoms with van der Waals surface area (Å²) in [5.74, 6) is 0.0441. The summed E-state index contributed by atoms with van der Waals surface area (Å²) in [6, 6.07) is 15.9.